The van der Waals surface area contributed by atoms with Crippen LogP contribution in [0.15, 0.2) is 58.3 Å². The van der Waals surface area contributed by atoms with Crippen molar-refractivity contribution in [1.82, 2.24) is 5.43 Å². The van der Waals surface area contributed by atoms with Gasteiger partial charge in [-0.3, -0.25) is 4.99 Å². The molecule has 4 nitrogen and oxygen atoms in total. The molecule has 0 aromatic heterocycles. The lowest BCUT2D eigenvalue weighted by molar-refractivity contribution is 0.722. The molecule has 0 spiro atoms. The molecule has 1 heterocycles. The first-order valence-electron chi connectivity index (χ1n) is 6.51. The summed E-state index contributed by atoms with van der Waals surface area (Å²) in [6, 6.07) is 9.56. The molecule has 1 aromatic rings. The molecule has 1 aromatic carbocycles. The second kappa shape index (κ2) is 6.87. The average molecular weight is 299 g/mol. The summed E-state index contributed by atoms with van der Waals surface area (Å²) >= 11 is 5.90. The number of hydrazone groups is 1. The maximum Gasteiger partial charge on any atom is 0.100 e. The Hall–Kier alpha value is -2.38. The summed E-state index contributed by atoms with van der Waals surface area (Å²) in [7, 11) is 0. The van der Waals surface area contributed by atoms with Gasteiger partial charge in [-0.05, 0) is 24.6 Å². The Kier molecular flexibility index (Phi) is 4.91. The number of aliphatic imine (C=N–C) groups is 1. The lowest BCUT2D eigenvalue weighted by atomic mass is 9.95. The standard InChI is InChI=1S/C16H15ClN4/c1-3-12(8-18)9-19-11(2)15-10-20-21-16(15)13-4-6-14(17)7-5-13/h3-7,9,15,20H,2,10H2,1H3/b12-3-,19-9?. The van der Waals surface area contributed by atoms with Gasteiger partial charge in [0.25, 0.3) is 0 Å². The van der Waals surface area contributed by atoms with Gasteiger partial charge < -0.3 is 5.43 Å². The zero-order valence-electron chi connectivity index (χ0n) is 11.7. The van der Waals surface area contributed by atoms with Crippen LogP contribution in [0.3, 0.4) is 0 Å². The van der Waals surface area contributed by atoms with Gasteiger partial charge in [0, 0.05) is 23.5 Å². The Morgan fingerprint density at radius 2 is 2.24 bits per heavy atom. The summed E-state index contributed by atoms with van der Waals surface area (Å²) in [5.74, 6) is -0.0146. The molecular formula is C16H15ClN4. The van der Waals surface area contributed by atoms with E-state index in [0.29, 0.717) is 22.8 Å². The smallest absolute Gasteiger partial charge is 0.100 e. The fraction of sp³-hybridized carbons (Fsp3) is 0.188. The number of hydrogen-bond acceptors (Lipinski definition) is 4. The molecule has 106 valence electrons. The molecule has 21 heavy (non-hydrogen) atoms. The number of halogens is 1. The number of nitriles is 1. The minimum Gasteiger partial charge on any atom is -0.309 e. The van der Waals surface area contributed by atoms with Crippen LogP contribution in [-0.2, 0) is 0 Å². The predicted octanol–water partition coefficient (Wildman–Crippen LogP) is 3.32. The van der Waals surface area contributed by atoms with Gasteiger partial charge in [0.1, 0.15) is 6.07 Å². The highest BCUT2D eigenvalue weighted by molar-refractivity contribution is 6.30. The van der Waals surface area contributed by atoms with E-state index in [1.54, 1.807) is 13.0 Å². The Morgan fingerprint density at radius 3 is 2.86 bits per heavy atom. The van der Waals surface area contributed by atoms with Crippen molar-refractivity contribution in [3.05, 3.63) is 58.8 Å². The quantitative estimate of drug-likeness (QED) is 0.684. The molecule has 1 aliphatic rings. The van der Waals surface area contributed by atoms with Crippen LogP contribution < -0.4 is 5.43 Å². The van der Waals surface area contributed by atoms with Crippen LogP contribution in [0.25, 0.3) is 0 Å². The number of hydrogen-bond donors (Lipinski definition) is 1. The van der Waals surface area contributed by atoms with Crippen molar-refractivity contribution < 1.29 is 0 Å². The van der Waals surface area contributed by atoms with E-state index in [-0.39, 0.29) is 5.92 Å². The van der Waals surface area contributed by atoms with Crippen molar-refractivity contribution in [3.63, 3.8) is 0 Å². The zero-order valence-corrected chi connectivity index (χ0v) is 12.4. The third kappa shape index (κ3) is 3.59. The van der Waals surface area contributed by atoms with E-state index in [2.05, 4.69) is 28.2 Å². The summed E-state index contributed by atoms with van der Waals surface area (Å²) < 4.78 is 0. The third-order valence-corrected chi connectivity index (χ3v) is 3.43. The van der Waals surface area contributed by atoms with E-state index in [1.165, 1.54) is 6.21 Å². The summed E-state index contributed by atoms with van der Waals surface area (Å²) in [6.45, 7) is 6.43. The number of nitrogens with one attached hydrogen (secondary N) is 1. The molecule has 0 saturated carbocycles. The van der Waals surface area contributed by atoms with Crippen LogP contribution in [-0.4, -0.2) is 18.5 Å². The number of rotatable bonds is 4. The first-order chi connectivity index (χ1) is 10.2. The zero-order chi connectivity index (χ0) is 15.2. The maximum atomic E-state index is 8.87. The first-order valence-corrected chi connectivity index (χ1v) is 6.89. The molecule has 0 bridgehead atoms. The molecule has 1 unspecified atom stereocenters. The molecule has 0 aliphatic carbocycles. The fourth-order valence-corrected chi connectivity index (χ4v) is 2.10. The second-order valence-corrected chi connectivity index (χ2v) is 4.96. The first kappa shape index (κ1) is 15.0. The lowest BCUT2D eigenvalue weighted by Gasteiger charge is -2.11. The van der Waals surface area contributed by atoms with Crippen LogP contribution >= 0.6 is 11.6 Å². The minimum atomic E-state index is -0.0146. The molecular weight excluding hydrogens is 284 g/mol. The molecule has 0 radical (unpaired) electrons. The normalized spacial score (nSPS) is 18.2. The Labute approximate surface area is 129 Å². The topological polar surface area (TPSA) is 60.5 Å². The number of nitrogens with zero attached hydrogens (tertiary/aromatic N) is 3. The van der Waals surface area contributed by atoms with E-state index in [0.717, 1.165) is 11.3 Å². The molecule has 0 saturated heterocycles. The van der Waals surface area contributed by atoms with Crippen molar-refractivity contribution >= 4 is 23.5 Å². The molecule has 0 fully saturated rings. The van der Waals surface area contributed by atoms with Gasteiger partial charge in [-0.15, -0.1) is 0 Å². The van der Waals surface area contributed by atoms with E-state index >= 15 is 0 Å². The van der Waals surface area contributed by atoms with Crippen molar-refractivity contribution in [1.29, 1.82) is 5.26 Å². The molecule has 5 heteroatoms. The van der Waals surface area contributed by atoms with Crippen LogP contribution in [0.4, 0.5) is 0 Å². The van der Waals surface area contributed by atoms with E-state index in [1.807, 2.05) is 24.3 Å². The Bertz CT molecular complexity index is 663. The molecule has 1 aliphatic heterocycles. The predicted molar refractivity (Wildman–Crippen MR) is 86.5 cm³/mol. The van der Waals surface area contributed by atoms with Crippen LogP contribution in [0.1, 0.15) is 12.5 Å². The maximum absolute atomic E-state index is 8.87. The molecule has 1 atom stereocenters. The minimum absolute atomic E-state index is 0.0146. The van der Waals surface area contributed by atoms with Crippen molar-refractivity contribution in [2.45, 2.75) is 6.92 Å². The summed E-state index contributed by atoms with van der Waals surface area (Å²) in [6.07, 6.45) is 3.23. The highest BCUT2D eigenvalue weighted by atomic mass is 35.5. The van der Waals surface area contributed by atoms with Crippen LogP contribution in [0.2, 0.25) is 5.02 Å². The van der Waals surface area contributed by atoms with Gasteiger partial charge >= 0.3 is 0 Å². The van der Waals surface area contributed by atoms with E-state index in [4.69, 9.17) is 16.9 Å². The second-order valence-electron chi connectivity index (χ2n) is 4.52. The molecule has 0 amide bonds. The summed E-state index contributed by atoms with van der Waals surface area (Å²) in [5, 5.41) is 13.9. The van der Waals surface area contributed by atoms with Crippen molar-refractivity contribution in [2.75, 3.05) is 6.54 Å². The van der Waals surface area contributed by atoms with Gasteiger partial charge in [-0.2, -0.15) is 10.4 Å². The molecule has 2 rings (SSSR count). The Balaban J connectivity index is 2.17. The SMILES string of the molecule is C=C(N=C/C(C#N)=C\C)C1CNN=C1c1ccc(Cl)cc1. The largest absolute Gasteiger partial charge is 0.309 e. The number of benzene rings is 1. The van der Waals surface area contributed by atoms with Gasteiger partial charge in [0.15, 0.2) is 0 Å². The monoisotopic (exact) mass is 298 g/mol. The van der Waals surface area contributed by atoms with Crippen LogP contribution in [0.5, 0.6) is 0 Å². The highest BCUT2D eigenvalue weighted by Crippen LogP contribution is 2.22. The van der Waals surface area contributed by atoms with Crippen molar-refractivity contribution in [3.8, 4) is 6.07 Å². The van der Waals surface area contributed by atoms with E-state index < -0.39 is 0 Å². The summed E-state index contributed by atoms with van der Waals surface area (Å²) in [5.41, 5.74) is 6.01. The average Bonchev–Trinajstić information content (AvgIpc) is 2.98. The Morgan fingerprint density at radius 1 is 1.52 bits per heavy atom. The molecule has 1 N–H and O–H groups in total. The van der Waals surface area contributed by atoms with Gasteiger partial charge in [-0.1, -0.05) is 36.4 Å². The van der Waals surface area contributed by atoms with Crippen LogP contribution in [0, 0.1) is 17.2 Å². The lowest BCUT2D eigenvalue weighted by Crippen LogP contribution is -2.18. The number of allylic oxidation sites excluding steroid dienone is 2. The van der Waals surface area contributed by atoms with Gasteiger partial charge in [0.05, 0.1) is 17.2 Å². The van der Waals surface area contributed by atoms with Gasteiger partial charge in [0.2, 0.25) is 0 Å². The van der Waals surface area contributed by atoms with E-state index in [9.17, 15) is 0 Å². The third-order valence-electron chi connectivity index (χ3n) is 3.18. The van der Waals surface area contributed by atoms with Crippen molar-refractivity contribution in [2.24, 2.45) is 16.0 Å². The highest BCUT2D eigenvalue weighted by Gasteiger charge is 2.25. The summed E-state index contributed by atoms with van der Waals surface area (Å²) in [4.78, 5) is 4.28. The fourth-order valence-electron chi connectivity index (χ4n) is 1.97. The van der Waals surface area contributed by atoms with Gasteiger partial charge in [-0.25, -0.2) is 0 Å².